The van der Waals surface area contributed by atoms with Gasteiger partial charge in [0.15, 0.2) is 0 Å². The molecule has 0 aromatic rings. The molecule has 0 radical (unpaired) electrons. The average molecular weight is 353 g/mol. The van der Waals surface area contributed by atoms with Gasteiger partial charge in [0.25, 0.3) is 0 Å². The van der Waals surface area contributed by atoms with Gasteiger partial charge in [0.1, 0.15) is 0 Å². The predicted molar refractivity (Wildman–Crippen MR) is 117 cm³/mol. The fourth-order valence-corrected chi connectivity index (χ4v) is 4.07. The highest BCUT2D eigenvalue weighted by Gasteiger charge is 2.08. The van der Waals surface area contributed by atoms with Crippen molar-refractivity contribution in [2.75, 3.05) is 0 Å². The van der Waals surface area contributed by atoms with Gasteiger partial charge in [-0.05, 0) is 5.92 Å². The molecule has 0 unspecified atom stereocenters. The van der Waals surface area contributed by atoms with Crippen molar-refractivity contribution in [2.45, 2.75) is 156 Å². The van der Waals surface area contributed by atoms with Gasteiger partial charge < -0.3 is 0 Å². The van der Waals surface area contributed by atoms with Gasteiger partial charge in [-0.25, -0.2) is 0 Å². The van der Waals surface area contributed by atoms with Crippen molar-refractivity contribution in [3.8, 4) is 0 Å². The van der Waals surface area contributed by atoms with Crippen molar-refractivity contribution < 1.29 is 0 Å². The van der Waals surface area contributed by atoms with E-state index in [1.165, 1.54) is 135 Å². The van der Waals surface area contributed by atoms with Crippen LogP contribution in [0.4, 0.5) is 0 Å². The van der Waals surface area contributed by atoms with Crippen LogP contribution in [0.5, 0.6) is 0 Å². The quantitative estimate of drug-likeness (QED) is 0.180. The van der Waals surface area contributed by atoms with Crippen LogP contribution < -0.4 is 0 Å². The topological polar surface area (TPSA) is 0 Å². The van der Waals surface area contributed by atoms with Gasteiger partial charge in [-0.15, -0.1) is 0 Å². The highest BCUT2D eigenvalue weighted by atomic mass is 14.1. The van der Waals surface area contributed by atoms with Crippen LogP contribution in [-0.2, 0) is 0 Å². The Morgan fingerprint density at radius 1 is 0.320 bits per heavy atom. The molecule has 0 heterocycles. The van der Waals surface area contributed by atoms with Crippen molar-refractivity contribution >= 4 is 0 Å². The Kier molecular flexibility index (Phi) is 22.0. The zero-order valence-electron chi connectivity index (χ0n) is 18.4. The highest BCUT2D eigenvalue weighted by molar-refractivity contribution is 4.61. The fourth-order valence-electron chi connectivity index (χ4n) is 4.07. The van der Waals surface area contributed by atoms with Gasteiger partial charge in [0.2, 0.25) is 0 Å². The summed E-state index contributed by atoms with van der Waals surface area (Å²) >= 11 is 0. The summed E-state index contributed by atoms with van der Waals surface area (Å²) < 4.78 is 0. The van der Waals surface area contributed by atoms with Crippen molar-refractivity contribution in [1.29, 1.82) is 0 Å². The normalized spacial score (nSPS) is 11.5. The molecule has 0 fully saturated rings. The van der Waals surface area contributed by atoms with Crippen LogP contribution in [0.15, 0.2) is 0 Å². The molecule has 0 heteroatoms. The monoisotopic (exact) mass is 352 g/mol. The second kappa shape index (κ2) is 22.0. The molecule has 0 amide bonds. The minimum absolute atomic E-state index is 1.04. The lowest BCUT2D eigenvalue weighted by Crippen LogP contribution is -2.01. The van der Waals surface area contributed by atoms with E-state index in [0.717, 1.165) is 5.92 Å². The molecular formula is C25H52. The van der Waals surface area contributed by atoms with E-state index < -0.39 is 0 Å². The van der Waals surface area contributed by atoms with Crippen molar-refractivity contribution in [3.63, 3.8) is 0 Å². The van der Waals surface area contributed by atoms with Crippen molar-refractivity contribution in [1.82, 2.24) is 0 Å². The molecule has 0 saturated heterocycles. The molecule has 0 aromatic carbocycles. The van der Waals surface area contributed by atoms with E-state index in [1.807, 2.05) is 0 Å². The Morgan fingerprint density at radius 3 is 0.920 bits per heavy atom. The van der Waals surface area contributed by atoms with Crippen LogP contribution in [0.25, 0.3) is 0 Å². The molecule has 0 saturated carbocycles. The first-order valence-electron chi connectivity index (χ1n) is 12.3. The first kappa shape index (κ1) is 25.0. The lowest BCUT2D eigenvalue weighted by Gasteiger charge is -2.16. The Morgan fingerprint density at radius 2 is 0.560 bits per heavy atom. The van der Waals surface area contributed by atoms with Gasteiger partial charge in [0.05, 0.1) is 0 Å². The smallest absolute Gasteiger partial charge is 0.0414 e. The minimum atomic E-state index is 1.04. The molecule has 0 aliphatic rings. The first-order chi connectivity index (χ1) is 12.3. The molecule has 0 aliphatic carbocycles. The summed E-state index contributed by atoms with van der Waals surface area (Å²) in [5.41, 5.74) is 0. The maximum atomic E-state index is 2.33. The largest absolute Gasteiger partial charge is 0.0654 e. The van der Waals surface area contributed by atoms with E-state index in [4.69, 9.17) is 0 Å². The third-order valence-electron chi connectivity index (χ3n) is 5.90. The van der Waals surface area contributed by atoms with Gasteiger partial charge in [-0.2, -0.15) is 0 Å². The van der Waals surface area contributed by atoms with E-state index >= 15 is 0 Å². The third kappa shape index (κ3) is 20.2. The SMILES string of the molecule is CCCCCCCCCCCCCCC(CCCCC)CCCCC. The number of hydrogen-bond donors (Lipinski definition) is 0. The molecule has 0 bridgehead atoms. The summed E-state index contributed by atoms with van der Waals surface area (Å²) in [7, 11) is 0. The van der Waals surface area contributed by atoms with Gasteiger partial charge in [0, 0.05) is 0 Å². The average Bonchev–Trinajstić information content (AvgIpc) is 2.62. The molecule has 0 spiro atoms. The maximum Gasteiger partial charge on any atom is -0.0414 e. The summed E-state index contributed by atoms with van der Waals surface area (Å²) in [5, 5.41) is 0. The van der Waals surface area contributed by atoms with Crippen LogP contribution in [-0.4, -0.2) is 0 Å². The minimum Gasteiger partial charge on any atom is -0.0654 e. The molecule has 0 N–H and O–H groups in total. The van der Waals surface area contributed by atoms with Crippen LogP contribution in [0, 0.1) is 5.92 Å². The molecule has 152 valence electrons. The molecule has 0 aliphatic heterocycles. The molecule has 0 atom stereocenters. The standard InChI is InChI=1S/C25H52/c1-4-7-10-11-12-13-14-15-16-17-18-21-24-25(22-19-8-5-2)23-20-9-6-3/h25H,4-24H2,1-3H3. The Bertz CT molecular complexity index is 210. The second-order valence-corrected chi connectivity index (χ2v) is 8.54. The Balaban J connectivity index is 3.43. The fraction of sp³-hybridized carbons (Fsp3) is 1.00. The number of rotatable bonds is 21. The summed E-state index contributed by atoms with van der Waals surface area (Å²) in [6.45, 7) is 6.97. The van der Waals surface area contributed by atoms with E-state index in [0.29, 0.717) is 0 Å². The maximum absolute atomic E-state index is 2.33. The molecule has 0 rings (SSSR count). The molecule has 0 aromatic heterocycles. The zero-order chi connectivity index (χ0) is 18.4. The van der Waals surface area contributed by atoms with Gasteiger partial charge >= 0.3 is 0 Å². The van der Waals surface area contributed by atoms with E-state index in [-0.39, 0.29) is 0 Å². The zero-order valence-corrected chi connectivity index (χ0v) is 18.4. The summed E-state index contributed by atoms with van der Waals surface area (Å²) in [6, 6.07) is 0. The van der Waals surface area contributed by atoms with Crippen LogP contribution in [0.1, 0.15) is 156 Å². The van der Waals surface area contributed by atoms with E-state index in [2.05, 4.69) is 20.8 Å². The van der Waals surface area contributed by atoms with Crippen molar-refractivity contribution in [3.05, 3.63) is 0 Å². The number of unbranched alkanes of at least 4 members (excludes halogenated alkanes) is 15. The summed E-state index contributed by atoms with van der Waals surface area (Å²) in [5.74, 6) is 1.04. The molecular weight excluding hydrogens is 300 g/mol. The van der Waals surface area contributed by atoms with Gasteiger partial charge in [-0.1, -0.05) is 156 Å². The summed E-state index contributed by atoms with van der Waals surface area (Å²) in [6.07, 6.45) is 30.8. The lowest BCUT2D eigenvalue weighted by molar-refractivity contribution is 0.370. The first-order valence-corrected chi connectivity index (χ1v) is 12.3. The van der Waals surface area contributed by atoms with Gasteiger partial charge in [-0.3, -0.25) is 0 Å². The molecule has 25 heavy (non-hydrogen) atoms. The Hall–Kier alpha value is 0. The van der Waals surface area contributed by atoms with E-state index in [1.54, 1.807) is 0 Å². The highest BCUT2D eigenvalue weighted by Crippen LogP contribution is 2.24. The van der Waals surface area contributed by atoms with E-state index in [9.17, 15) is 0 Å². The Labute approximate surface area is 161 Å². The predicted octanol–water partition coefficient (Wildman–Crippen LogP) is 9.85. The molecule has 0 nitrogen and oxygen atoms in total. The van der Waals surface area contributed by atoms with Crippen LogP contribution >= 0.6 is 0 Å². The lowest BCUT2D eigenvalue weighted by atomic mass is 9.90. The van der Waals surface area contributed by atoms with Crippen LogP contribution in [0.2, 0.25) is 0 Å². The number of hydrogen-bond acceptors (Lipinski definition) is 0. The van der Waals surface area contributed by atoms with Crippen molar-refractivity contribution in [2.24, 2.45) is 5.92 Å². The van der Waals surface area contributed by atoms with Crippen LogP contribution in [0.3, 0.4) is 0 Å². The summed E-state index contributed by atoms with van der Waals surface area (Å²) in [4.78, 5) is 0. The third-order valence-corrected chi connectivity index (χ3v) is 5.90. The second-order valence-electron chi connectivity index (χ2n) is 8.54.